The second kappa shape index (κ2) is 11.7. The number of rotatable bonds is 10. The summed E-state index contributed by atoms with van der Waals surface area (Å²) in [4.78, 5) is 24.9. The van der Waals surface area contributed by atoms with Gasteiger partial charge < -0.3 is 15.4 Å². The Hall–Kier alpha value is -1.16. The van der Waals surface area contributed by atoms with E-state index >= 15 is 0 Å². The van der Waals surface area contributed by atoms with Crippen LogP contribution in [0, 0.1) is 0 Å². The van der Waals surface area contributed by atoms with Gasteiger partial charge in [-0.25, -0.2) is 0 Å². The molecule has 2 N–H and O–H groups in total. The van der Waals surface area contributed by atoms with Gasteiger partial charge in [0.25, 0.3) is 5.91 Å². The van der Waals surface area contributed by atoms with Gasteiger partial charge in [-0.1, -0.05) is 23.2 Å². The zero-order valence-corrected chi connectivity index (χ0v) is 17.6. The maximum Gasteiger partial charge on any atom is 0.411 e. The molecule has 0 aliphatic carbocycles. The first kappa shape index (κ1) is 24.9. The minimum Gasteiger partial charge on any atom is -0.370 e. The number of alkyl halides is 3. The molecule has 0 radical (unpaired) electrons. The van der Waals surface area contributed by atoms with Gasteiger partial charge in [0.1, 0.15) is 12.6 Å². The molecule has 1 rings (SSSR count). The maximum absolute atomic E-state index is 12.5. The lowest BCUT2D eigenvalue weighted by molar-refractivity contribution is -0.175. The van der Waals surface area contributed by atoms with Crippen LogP contribution in [0.3, 0.4) is 0 Å². The zero-order chi connectivity index (χ0) is 21.3. The highest BCUT2D eigenvalue weighted by Gasteiger charge is 2.28. The molecule has 0 bridgehead atoms. The van der Waals surface area contributed by atoms with E-state index in [0.29, 0.717) is 17.2 Å². The van der Waals surface area contributed by atoms with Crippen LogP contribution in [0.5, 0.6) is 0 Å². The van der Waals surface area contributed by atoms with Crippen molar-refractivity contribution in [2.75, 3.05) is 25.2 Å². The second-order valence-electron chi connectivity index (χ2n) is 5.97. The number of hydrogen-bond donors (Lipinski definition) is 2. The van der Waals surface area contributed by atoms with Crippen molar-refractivity contribution in [3.63, 3.8) is 0 Å². The Balaban J connectivity index is 2.69. The molecule has 2 atom stereocenters. The van der Waals surface area contributed by atoms with E-state index in [1.54, 1.807) is 0 Å². The predicted molar refractivity (Wildman–Crippen MR) is 105 cm³/mol. The van der Waals surface area contributed by atoms with Gasteiger partial charge in [0.15, 0.2) is 0 Å². The summed E-state index contributed by atoms with van der Waals surface area (Å²) >= 11 is 13.3. The minimum absolute atomic E-state index is 0.142. The van der Waals surface area contributed by atoms with Gasteiger partial charge >= 0.3 is 6.18 Å². The highest BCUT2D eigenvalue weighted by molar-refractivity contribution is 7.98. The quantitative estimate of drug-likeness (QED) is 0.554. The van der Waals surface area contributed by atoms with E-state index in [1.807, 2.05) is 6.26 Å². The largest absolute Gasteiger partial charge is 0.411 e. The molecular weight excluding hydrogens is 440 g/mol. The first-order valence-corrected chi connectivity index (χ1v) is 10.4. The molecule has 0 spiro atoms. The molecule has 2 unspecified atom stereocenters. The molecule has 0 aliphatic heterocycles. The van der Waals surface area contributed by atoms with Crippen LogP contribution >= 0.6 is 35.0 Å². The van der Waals surface area contributed by atoms with Crippen molar-refractivity contribution < 1.29 is 27.5 Å². The van der Waals surface area contributed by atoms with Crippen LogP contribution in [0.15, 0.2) is 18.2 Å². The second-order valence-corrected chi connectivity index (χ2v) is 7.80. The van der Waals surface area contributed by atoms with E-state index in [4.69, 9.17) is 23.2 Å². The highest BCUT2D eigenvalue weighted by Crippen LogP contribution is 2.21. The number of thioether (sulfide) groups is 1. The lowest BCUT2D eigenvalue weighted by atomic mass is 10.1. The third-order valence-corrected chi connectivity index (χ3v) is 4.62. The molecule has 0 saturated heterocycles. The van der Waals surface area contributed by atoms with Crippen molar-refractivity contribution in [3.05, 3.63) is 33.8 Å². The molecule has 1 aromatic carbocycles. The van der Waals surface area contributed by atoms with E-state index in [1.165, 1.54) is 36.9 Å². The fourth-order valence-electron chi connectivity index (χ4n) is 2.15. The first-order valence-electron chi connectivity index (χ1n) is 8.23. The Morgan fingerprint density at radius 3 is 2.50 bits per heavy atom. The summed E-state index contributed by atoms with van der Waals surface area (Å²) in [5, 5.41) is 5.66. The number of hydrogen-bond acceptors (Lipinski definition) is 4. The standard InChI is InChI=1S/C17H21Cl2F3N2O3S/c1-10(8-27-9-17(20,21)22)23-16(26)14(5-6-28-2)24-15(25)12-4-3-11(18)7-13(12)19/h3-4,7,10,14H,5-6,8-9H2,1-2H3,(H,23,26)(H,24,25). The summed E-state index contributed by atoms with van der Waals surface area (Å²) in [7, 11) is 0. The van der Waals surface area contributed by atoms with Crippen molar-refractivity contribution in [2.24, 2.45) is 0 Å². The van der Waals surface area contributed by atoms with Crippen LogP contribution in [-0.4, -0.2) is 55.3 Å². The van der Waals surface area contributed by atoms with Gasteiger partial charge in [-0.3, -0.25) is 9.59 Å². The number of carbonyl (C=O) groups excluding carboxylic acids is 2. The Kier molecular flexibility index (Phi) is 10.4. The Bertz CT molecular complexity index is 678. The van der Waals surface area contributed by atoms with Gasteiger partial charge in [0.2, 0.25) is 5.91 Å². The molecule has 11 heteroatoms. The van der Waals surface area contributed by atoms with Gasteiger partial charge in [-0.05, 0) is 43.6 Å². The molecule has 2 amide bonds. The zero-order valence-electron chi connectivity index (χ0n) is 15.2. The summed E-state index contributed by atoms with van der Waals surface area (Å²) < 4.78 is 40.9. The molecule has 1 aromatic rings. The average Bonchev–Trinajstić information content (AvgIpc) is 2.56. The summed E-state index contributed by atoms with van der Waals surface area (Å²) in [6.07, 6.45) is -2.25. The third kappa shape index (κ3) is 9.36. The van der Waals surface area contributed by atoms with Crippen LogP contribution < -0.4 is 10.6 Å². The smallest absolute Gasteiger partial charge is 0.370 e. The summed E-state index contributed by atoms with van der Waals surface area (Å²) in [6, 6.07) is 2.81. The number of ether oxygens (including phenoxy) is 1. The van der Waals surface area contributed by atoms with Gasteiger partial charge in [-0.2, -0.15) is 24.9 Å². The van der Waals surface area contributed by atoms with Gasteiger partial charge in [0, 0.05) is 11.1 Å². The third-order valence-electron chi connectivity index (χ3n) is 3.43. The maximum atomic E-state index is 12.5. The molecule has 0 heterocycles. The first-order chi connectivity index (χ1) is 13.0. The van der Waals surface area contributed by atoms with Crippen molar-refractivity contribution in [1.29, 1.82) is 0 Å². The molecule has 5 nitrogen and oxygen atoms in total. The van der Waals surface area contributed by atoms with Crippen LogP contribution in [0.25, 0.3) is 0 Å². The molecule has 28 heavy (non-hydrogen) atoms. The number of carbonyl (C=O) groups is 2. The molecule has 0 aliphatic rings. The fraction of sp³-hybridized carbons (Fsp3) is 0.529. The van der Waals surface area contributed by atoms with Crippen molar-refractivity contribution in [1.82, 2.24) is 10.6 Å². The van der Waals surface area contributed by atoms with E-state index in [0.717, 1.165) is 0 Å². The summed E-state index contributed by atoms with van der Waals surface area (Å²) in [5.41, 5.74) is 0.162. The molecule has 0 saturated carbocycles. The van der Waals surface area contributed by atoms with Crippen LogP contribution in [0.2, 0.25) is 10.0 Å². The summed E-state index contributed by atoms with van der Waals surface area (Å²) in [6.45, 7) is -0.190. The average molecular weight is 461 g/mol. The Labute approximate surface area is 175 Å². The molecular formula is C17H21Cl2F3N2O3S. The van der Waals surface area contributed by atoms with Crippen LogP contribution in [0.1, 0.15) is 23.7 Å². The SMILES string of the molecule is CSCCC(NC(=O)c1ccc(Cl)cc1Cl)C(=O)NC(C)COCC(F)(F)F. The van der Waals surface area contributed by atoms with E-state index in [-0.39, 0.29) is 17.2 Å². The lowest BCUT2D eigenvalue weighted by Gasteiger charge is -2.21. The van der Waals surface area contributed by atoms with Crippen molar-refractivity contribution in [2.45, 2.75) is 31.6 Å². The topological polar surface area (TPSA) is 67.4 Å². The van der Waals surface area contributed by atoms with Crippen LogP contribution in [0.4, 0.5) is 13.2 Å². The van der Waals surface area contributed by atoms with E-state index < -0.39 is 36.7 Å². The number of halogens is 5. The summed E-state index contributed by atoms with van der Waals surface area (Å²) in [5.74, 6) is -0.481. The number of amides is 2. The molecule has 0 aromatic heterocycles. The minimum atomic E-state index is -4.43. The van der Waals surface area contributed by atoms with Crippen molar-refractivity contribution in [3.8, 4) is 0 Å². The van der Waals surface area contributed by atoms with Gasteiger partial charge in [0.05, 0.1) is 17.2 Å². The molecule has 0 fully saturated rings. The highest BCUT2D eigenvalue weighted by atomic mass is 35.5. The van der Waals surface area contributed by atoms with E-state index in [9.17, 15) is 22.8 Å². The van der Waals surface area contributed by atoms with Crippen molar-refractivity contribution >= 4 is 46.8 Å². The van der Waals surface area contributed by atoms with Crippen LogP contribution in [-0.2, 0) is 9.53 Å². The fourth-order valence-corrected chi connectivity index (χ4v) is 3.12. The predicted octanol–water partition coefficient (Wildman–Crippen LogP) is 3.93. The number of benzene rings is 1. The number of nitrogens with one attached hydrogen (secondary N) is 2. The Morgan fingerprint density at radius 1 is 1.25 bits per heavy atom. The van der Waals surface area contributed by atoms with Gasteiger partial charge in [-0.15, -0.1) is 0 Å². The normalized spacial score (nSPS) is 13.7. The monoisotopic (exact) mass is 460 g/mol. The lowest BCUT2D eigenvalue weighted by Crippen LogP contribution is -2.50. The van der Waals surface area contributed by atoms with E-state index in [2.05, 4.69) is 15.4 Å². The molecule has 158 valence electrons. The Morgan fingerprint density at radius 2 is 1.93 bits per heavy atom.